The number of hydrogen-bond acceptors (Lipinski definition) is 3. The van der Waals surface area contributed by atoms with Crippen molar-refractivity contribution in [1.82, 2.24) is 0 Å². The van der Waals surface area contributed by atoms with Gasteiger partial charge in [-0.25, -0.2) is 0 Å². The van der Waals surface area contributed by atoms with Gasteiger partial charge in [0.2, 0.25) is 0 Å². The normalized spacial score (nSPS) is 17.1. The number of benzene rings is 8. The summed E-state index contributed by atoms with van der Waals surface area (Å²) in [4.78, 5) is 2.48. The average molecular weight is 810 g/mol. The van der Waals surface area contributed by atoms with Gasteiger partial charge in [0.15, 0.2) is 14.3 Å². The van der Waals surface area contributed by atoms with Crippen molar-refractivity contribution in [3.63, 3.8) is 0 Å². The zero-order chi connectivity index (χ0) is 40.3. The lowest BCUT2D eigenvalue weighted by Crippen LogP contribution is -2.53. The minimum atomic E-state index is -3.36. The molecule has 0 amide bonds. The molecule has 0 saturated heterocycles. The lowest BCUT2D eigenvalue weighted by molar-refractivity contribution is 0.392. The fourth-order valence-electron chi connectivity index (χ4n) is 10.3. The Labute approximate surface area is 351 Å². The molecule has 0 N–H and O–H groups in total. The van der Waals surface area contributed by atoms with E-state index < -0.39 is 19.7 Å². The summed E-state index contributed by atoms with van der Waals surface area (Å²) in [5.41, 5.74) is 7.08. The van der Waals surface area contributed by atoms with Crippen LogP contribution in [0.15, 0.2) is 237 Å². The molecule has 1 aliphatic heterocycles. The Morgan fingerprint density at radius 3 is 1.25 bits per heavy atom. The van der Waals surface area contributed by atoms with Gasteiger partial charge in [-0.15, -0.1) is 0 Å². The monoisotopic (exact) mass is 809 g/mol. The van der Waals surface area contributed by atoms with E-state index >= 15 is 9.13 Å². The molecule has 1 heterocycles. The fraction of sp³-hybridized carbons (Fsp3) is 0.0545. The molecule has 288 valence electrons. The lowest BCUT2D eigenvalue weighted by atomic mass is 9.58. The highest BCUT2D eigenvalue weighted by molar-refractivity contribution is 7.85. The van der Waals surface area contributed by atoms with Crippen molar-refractivity contribution in [3.8, 4) is 11.1 Å². The summed E-state index contributed by atoms with van der Waals surface area (Å²) in [5.74, 6) is -0.0937. The maximum Gasteiger partial charge on any atom is 0.171 e. The number of hydrogen-bond donors (Lipinski definition) is 0. The second-order valence-corrected chi connectivity index (χ2v) is 21.4. The number of anilines is 2. The molecule has 0 radical (unpaired) electrons. The van der Waals surface area contributed by atoms with Crippen LogP contribution in [0, 0.1) is 5.92 Å². The van der Waals surface area contributed by atoms with Crippen LogP contribution in [-0.2, 0) is 14.5 Å². The van der Waals surface area contributed by atoms with Gasteiger partial charge in [0.25, 0.3) is 0 Å². The Bertz CT molecular complexity index is 2820. The number of fused-ring (bicyclic) bond motifs is 9. The molecule has 2 atom stereocenters. The van der Waals surface area contributed by atoms with Gasteiger partial charge in [-0.2, -0.15) is 0 Å². The van der Waals surface area contributed by atoms with Gasteiger partial charge in [-0.3, -0.25) is 0 Å². The van der Waals surface area contributed by atoms with Gasteiger partial charge in [0.1, 0.15) is 0 Å². The third-order valence-electron chi connectivity index (χ3n) is 12.9. The van der Waals surface area contributed by atoms with Crippen LogP contribution >= 0.6 is 14.3 Å². The molecule has 2 unspecified atom stereocenters. The van der Waals surface area contributed by atoms with Crippen LogP contribution in [0.3, 0.4) is 0 Å². The molecule has 0 bridgehead atoms. The smallest absolute Gasteiger partial charge is 0.171 e. The average Bonchev–Trinajstić information content (AvgIpc) is 3.62. The highest BCUT2D eigenvalue weighted by atomic mass is 31.2. The zero-order valence-corrected chi connectivity index (χ0v) is 34.6. The van der Waals surface area contributed by atoms with Crippen LogP contribution in [0.1, 0.15) is 16.7 Å². The Hall–Kier alpha value is -6.50. The quantitative estimate of drug-likeness (QED) is 0.151. The van der Waals surface area contributed by atoms with Gasteiger partial charge < -0.3 is 14.0 Å². The topological polar surface area (TPSA) is 37.4 Å². The van der Waals surface area contributed by atoms with E-state index in [0.717, 1.165) is 71.0 Å². The second kappa shape index (κ2) is 14.4. The van der Waals surface area contributed by atoms with Crippen LogP contribution in [-0.4, -0.2) is 6.04 Å². The van der Waals surface area contributed by atoms with E-state index in [4.69, 9.17) is 0 Å². The first kappa shape index (κ1) is 36.6. The summed E-state index contributed by atoms with van der Waals surface area (Å²) in [5, 5.41) is 4.78. The van der Waals surface area contributed by atoms with Gasteiger partial charge in [0, 0.05) is 49.1 Å². The lowest BCUT2D eigenvalue weighted by Gasteiger charge is -2.53. The Morgan fingerprint density at radius 1 is 0.383 bits per heavy atom. The van der Waals surface area contributed by atoms with E-state index in [0.29, 0.717) is 0 Å². The maximum absolute atomic E-state index is 16.2. The fourth-order valence-corrected chi connectivity index (χ4v) is 15.7. The molecule has 60 heavy (non-hydrogen) atoms. The van der Waals surface area contributed by atoms with E-state index in [9.17, 15) is 0 Å². The van der Waals surface area contributed by atoms with Crippen LogP contribution < -0.4 is 36.7 Å². The van der Waals surface area contributed by atoms with Crippen LogP contribution in [0.4, 0.5) is 11.4 Å². The first-order valence-corrected chi connectivity index (χ1v) is 24.0. The van der Waals surface area contributed by atoms with Gasteiger partial charge in [0.05, 0.1) is 11.5 Å². The molecule has 8 aromatic carbocycles. The van der Waals surface area contributed by atoms with Crippen molar-refractivity contribution in [2.75, 3.05) is 4.90 Å². The van der Waals surface area contributed by atoms with Crippen molar-refractivity contribution >= 4 is 57.5 Å². The Kier molecular flexibility index (Phi) is 8.75. The standard InChI is InChI=1S/C55H41NO2P2/c57-59(41-22-8-2-9-23-41,42-24-10-3-11-25-42)45-34-36-47-48-37-35-46(60(58,43-26-12-4-13-27-43)44-28-14-5-15-29-44)39-52(48)55(51(47)38-45)49-30-16-18-32-53(49)56(40-20-6-1-7-21-40)54-33-19-17-31-50(54)55/h1-39,49,53H. The van der Waals surface area contributed by atoms with Crippen molar-refractivity contribution in [1.29, 1.82) is 0 Å². The Morgan fingerprint density at radius 2 is 0.783 bits per heavy atom. The molecule has 11 rings (SSSR count). The minimum Gasteiger partial charge on any atom is -0.334 e. The van der Waals surface area contributed by atoms with Crippen molar-refractivity contribution in [2.45, 2.75) is 11.5 Å². The maximum atomic E-state index is 16.2. The van der Waals surface area contributed by atoms with Crippen molar-refractivity contribution in [3.05, 3.63) is 253 Å². The summed E-state index contributed by atoms with van der Waals surface area (Å²) in [6.07, 6.45) is 9.05. The second-order valence-electron chi connectivity index (χ2n) is 15.8. The third kappa shape index (κ3) is 5.29. The molecule has 0 fully saturated rings. The largest absolute Gasteiger partial charge is 0.334 e. The van der Waals surface area contributed by atoms with Crippen LogP contribution in [0.25, 0.3) is 11.1 Å². The van der Waals surface area contributed by atoms with E-state index in [1.54, 1.807) is 0 Å². The molecule has 3 aliphatic rings. The van der Waals surface area contributed by atoms with Crippen LogP contribution in [0.5, 0.6) is 0 Å². The number of para-hydroxylation sites is 2. The summed E-state index contributed by atoms with van der Waals surface area (Å²) >= 11 is 0. The SMILES string of the molecule is O=P(c1ccccc1)(c1ccccc1)c1ccc2c(c1)C1(c3cc(P(=O)(c4ccccc4)c4ccccc4)ccc3-2)c2ccccc2N(c2ccccc2)C2C=CC=CC21. The summed E-state index contributed by atoms with van der Waals surface area (Å²) in [6, 6.07) is 72.3. The van der Waals surface area contributed by atoms with E-state index in [1.165, 1.54) is 0 Å². The first-order valence-electron chi connectivity index (χ1n) is 20.6. The van der Waals surface area contributed by atoms with E-state index in [2.05, 4.69) is 120 Å². The Balaban J connectivity index is 1.25. The summed E-state index contributed by atoms with van der Waals surface area (Å²) in [6.45, 7) is 0. The molecular formula is C55H41NO2P2. The molecule has 8 aromatic rings. The molecular weight excluding hydrogens is 769 g/mol. The van der Waals surface area contributed by atoms with Gasteiger partial charge in [-0.1, -0.05) is 206 Å². The van der Waals surface area contributed by atoms with Crippen molar-refractivity contribution in [2.24, 2.45) is 5.92 Å². The molecule has 3 nitrogen and oxygen atoms in total. The molecule has 0 aromatic heterocycles. The third-order valence-corrected chi connectivity index (χ3v) is 19.0. The summed E-state index contributed by atoms with van der Waals surface area (Å²) in [7, 11) is -6.71. The van der Waals surface area contributed by atoms with Gasteiger partial charge >= 0.3 is 0 Å². The highest BCUT2D eigenvalue weighted by Gasteiger charge is 2.57. The molecule has 0 saturated carbocycles. The van der Waals surface area contributed by atoms with Crippen LogP contribution in [0.2, 0.25) is 0 Å². The van der Waals surface area contributed by atoms with E-state index in [1.807, 2.05) is 121 Å². The highest BCUT2D eigenvalue weighted by Crippen LogP contribution is 2.64. The first-order chi connectivity index (χ1) is 29.5. The molecule has 5 heteroatoms. The van der Waals surface area contributed by atoms with Gasteiger partial charge in [-0.05, 0) is 58.1 Å². The van der Waals surface area contributed by atoms with E-state index in [-0.39, 0.29) is 12.0 Å². The predicted molar refractivity (Wildman–Crippen MR) is 251 cm³/mol. The molecule has 1 spiro atoms. The van der Waals surface area contributed by atoms with Crippen molar-refractivity contribution < 1.29 is 9.13 Å². The predicted octanol–water partition coefficient (Wildman–Crippen LogP) is 10.5. The minimum absolute atomic E-state index is 0.0662. The number of allylic oxidation sites excluding steroid dienone is 2. The summed E-state index contributed by atoms with van der Waals surface area (Å²) < 4.78 is 32.3. The number of nitrogens with zero attached hydrogens (tertiary/aromatic N) is 1. The zero-order valence-electron chi connectivity index (χ0n) is 32.8. The molecule has 2 aliphatic carbocycles. The number of rotatable bonds is 7.